The quantitative estimate of drug-likeness (QED) is 0.818. The van der Waals surface area contributed by atoms with E-state index in [0.717, 1.165) is 17.7 Å². The van der Waals surface area contributed by atoms with E-state index in [9.17, 15) is 9.00 Å². The number of hydrogen-bond acceptors (Lipinski definition) is 3. The molecule has 0 N–H and O–H groups in total. The van der Waals surface area contributed by atoms with Gasteiger partial charge < -0.3 is 9.64 Å². The van der Waals surface area contributed by atoms with Crippen LogP contribution in [0.3, 0.4) is 0 Å². The van der Waals surface area contributed by atoms with Crippen molar-refractivity contribution in [3.63, 3.8) is 0 Å². The van der Waals surface area contributed by atoms with Gasteiger partial charge in [-0.1, -0.05) is 11.6 Å². The largest absolute Gasteiger partial charge is 0.444 e. The molecule has 1 heterocycles. The molecule has 0 saturated carbocycles. The highest BCUT2D eigenvalue weighted by molar-refractivity contribution is 7.85. The second-order valence-corrected chi connectivity index (χ2v) is 8.81. The minimum absolute atomic E-state index is 0.255. The summed E-state index contributed by atoms with van der Waals surface area (Å²) < 4.78 is 17.8. The third kappa shape index (κ3) is 5.81. The summed E-state index contributed by atoms with van der Waals surface area (Å²) in [7, 11) is -1.02. The van der Waals surface area contributed by atoms with E-state index in [4.69, 9.17) is 16.3 Å². The first-order chi connectivity index (χ1) is 10.7. The van der Waals surface area contributed by atoms with Crippen LogP contribution in [0.1, 0.15) is 33.6 Å². The summed E-state index contributed by atoms with van der Waals surface area (Å²) in [5.74, 6) is 0.995. The summed E-state index contributed by atoms with van der Waals surface area (Å²) in [6, 6.07) is 7.16. The fourth-order valence-electron chi connectivity index (χ4n) is 2.51. The summed E-state index contributed by atoms with van der Waals surface area (Å²) in [4.78, 5) is 14.6. The first-order valence-corrected chi connectivity index (χ1v) is 9.56. The number of hydrogen-bond donors (Lipinski definition) is 0. The Morgan fingerprint density at radius 2 is 1.83 bits per heavy atom. The van der Waals surface area contributed by atoms with Crippen LogP contribution >= 0.6 is 11.6 Å². The molecule has 1 amide bonds. The fraction of sp³-hybridized carbons (Fsp3) is 0.588. The number of benzene rings is 1. The number of amides is 1. The molecule has 1 fully saturated rings. The van der Waals surface area contributed by atoms with Crippen molar-refractivity contribution in [2.45, 2.75) is 44.1 Å². The van der Waals surface area contributed by atoms with Gasteiger partial charge in [-0.25, -0.2) is 4.79 Å². The van der Waals surface area contributed by atoms with Gasteiger partial charge in [0.2, 0.25) is 0 Å². The number of carbonyl (C=O) groups is 1. The summed E-state index contributed by atoms with van der Waals surface area (Å²) in [6.07, 6.45) is 1.46. The van der Waals surface area contributed by atoms with E-state index >= 15 is 0 Å². The van der Waals surface area contributed by atoms with Crippen LogP contribution in [-0.2, 0) is 15.5 Å². The number of halogens is 1. The normalized spacial score (nSPS) is 17.8. The van der Waals surface area contributed by atoms with Gasteiger partial charge in [-0.3, -0.25) is 4.21 Å². The van der Waals surface area contributed by atoms with E-state index in [1.807, 2.05) is 32.9 Å². The third-order valence-electron chi connectivity index (χ3n) is 3.73. The van der Waals surface area contributed by atoms with Crippen molar-refractivity contribution in [2.75, 3.05) is 18.8 Å². The van der Waals surface area contributed by atoms with E-state index < -0.39 is 16.4 Å². The van der Waals surface area contributed by atoms with Crippen LogP contribution in [0.4, 0.5) is 4.79 Å². The zero-order valence-corrected chi connectivity index (χ0v) is 15.5. The number of ether oxygens (including phenoxy) is 1. The molecule has 0 radical (unpaired) electrons. The molecular formula is C17H24ClNO3S. The van der Waals surface area contributed by atoms with Crippen molar-refractivity contribution in [3.8, 4) is 0 Å². The average Bonchev–Trinajstić information content (AvgIpc) is 2.46. The summed E-state index contributed by atoms with van der Waals surface area (Å²) in [6.45, 7) is 6.93. The maximum absolute atomic E-state index is 12.4. The number of rotatable bonds is 3. The molecule has 128 valence electrons. The lowest BCUT2D eigenvalue weighted by atomic mass is 9.99. The lowest BCUT2D eigenvalue weighted by Gasteiger charge is -2.33. The Morgan fingerprint density at radius 3 is 2.35 bits per heavy atom. The topological polar surface area (TPSA) is 46.6 Å². The van der Waals surface area contributed by atoms with Crippen LogP contribution in [0.5, 0.6) is 0 Å². The Morgan fingerprint density at radius 1 is 1.26 bits per heavy atom. The van der Waals surface area contributed by atoms with Gasteiger partial charge in [-0.2, -0.15) is 0 Å². The van der Waals surface area contributed by atoms with Crippen LogP contribution in [-0.4, -0.2) is 39.6 Å². The Labute approximate surface area is 145 Å². The van der Waals surface area contributed by atoms with Gasteiger partial charge in [-0.05, 0) is 63.8 Å². The Balaban J connectivity index is 1.81. The Kier molecular flexibility index (Phi) is 6.09. The monoisotopic (exact) mass is 357 g/mol. The number of likely N-dealkylation sites (tertiary alicyclic amines) is 1. The molecule has 1 aliphatic rings. The maximum atomic E-state index is 12.4. The minimum Gasteiger partial charge on any atom is -0.444 e. The smallest absolute Gasteiger partial charge is 0.410 e. The highest BCUT2D eigenvalue weighted by Gasteiger charge is 2.27. The van der Waals surface area contributed by atoms with Crippen molar-refractivity contribution >= 4 is 28.5 Å². The molecule has 0 aliphatic carbocycles. The number of piperidine rings is 1. The molecule has 4 nitrogen and oxygen atoms in total. The highest BCUT2D eigenvalue weighted by Crippen LogP contribution is 2.22. The van der Waals surface area contributed by atoms with Crippen LogP contribution in [0.15, 0.2) is 29.2 Å². The van der Waals surface area contributed by atoms with E-state index in [1.54, 1.807) is 17.0 Å². The molecule has 1 atom stereocenters. The van der Waals surface area contributed by atoms with Gasteiger partial charge in [0.05, 0.1) is 10.8 Å². The molecule has 0 unspecified atom stereocenters. The van der Waals surface area contributed by atoms with Crippen LogP contribution in [0.2, 0.25) is 5.02 Å². The van der Waals surface area contributed by atoms with Crippen LogP contribution < -0.4 is 0 Å². The molecule has 0 spiro atoms. The molecule has 0 aromatic heterocycles. The van der Waals surface area contributed by atoms with Gasteiger partial charge in [-0.15, -0.1) is 0 Å². The van der Waals surface area contributed by atoms with Gasteiger partial charge in [0.25, 0.3) is 0 Å². The summed E-state index contributed by atoms with van der Waals surface area (Å²) >= 11 is 5.85. The molecule has 1 aromatic carbocycles. The van der Waals surface area contributed by atoms with Gasteiger partial charge in [0, 0.05) is 28.8 Å². The SMILES string of the molecule is CC(C)(C)OC(=O)N1CCC(C[S@@](=O)c2ccc(Cl)cc2)CC1. The third-order valence-corrected chi connectivity index (χ3v) is 5.55. The number of carbonyl (C=O) groups excluding carboxylic acids is 1. The van der Waals surface area contributed by atoms with E-state index in [2.05, 4.69) is 0 Å². The van der Waals surface area contributed by atoms with Crippen LogP contribution in [0.25, 0.3) is 0 Å². The number of nitrogens with zero attached hydrogens (tertiary/aromatic N) is 1. The fourth-order valence-corrected chi connectivity index (χ4v) is 4.02. The second-order valence-electron chi connectivity index (χ2n) is 6.88. The zero-order valence-electron chi connectivity index (χ0n) is 13.9. The predicted molar refractivity (Wildman–Crippen MR) is 93.3 cm³/mol. The lowest BCUT2D eigenvalue weighted by molar-refractivity contribution is 0.0191. The minimum atomic E-state index is -1.02. The highest BCUT2D eigenvalue weighted by atomic mass is 35.5. The standard InChI is InChI=1S/C17H24ClNO3S/c1-17(2,3)22-16(20)19-10-8-13(9-11-19)12-23(21)15-6-4-14(18)5-7-15/h4-7,13H,8-12H2,1-3H3/t23-/m1/s1. The predicted octanol–water partition coefficient (Wildman–Crippen LogP) is 4.09. The van der Waals surface area contributed by atoms with Gasteiger partial charge in [0.1, 0.15) is 5.60 Å². The van der Waals surface area contributed by atoms with Crippen molar-refractivity contribution in [1.29, 1.82) is 0 Å². The lowest BCUT2D eigenvalue weighted by Crippen LogP contribution is -2.42. The molecule has 23 heavy (non-hydrogen) atoms. The first-order valence-electron chi connectivity index (χ1n) is 7.86. The molecule has 2 rings (SSSR count). The van der Waals surface area contributed by atoms with Crippen molar-refractivity contribution in [1.82, 2.24) is 4.90 Å². The second kappa shape index (κ2) is 7.67. The molecule has 1 aromatic rings. The average molecular weight is 358 g/mol. The van der Waals surface area contributed by atoms with E-state index in [-0.39, 0.29) is 6.09 Å². The first kappa shape index (κ1) is 18.3. The molecule has 0 bridgehead atoms. The van der Waals surface area contributed by atoms with Crippen molar-refractivity contribution in [2.24, 2.45) is 5.92 Å². The van der Waals surface area contributed by atoms with Crippen LogP contribution in [0, 0.1) is 5.92 Å². The van der Waals surface area contributed by atoms with E-state index in [0.29, 0.717) is 29.8 Å². The molecule has 1 aliphatic heterocycles. The molecular weight excluding hydrogens is 334 g/mol. The zero-order chi connectivity index (χ0) is 17.0. The summed E-state index contributed by atoms with van der Waals surface area (Å²) in [5, 5.41) is 0.649. The Hall–Kier alpha value is -1.07. The molecule has 6 heteroatoms. The van der Waals surface area contributed by atoms with Gasteiger partial charge in [0.15, 0.2) is 0 Å². The van der Waals surface area contributed by atoms with E-state index in [1.165, 1.54) is 0 Å². The van der Waals surface area contributed by atoms with Gasteiger partial charge >= 0.3 is 6.09 Å². The maximum Gasteiger partial charge on any atom is 0.410 e. The van der Waals surface area contributed by atoms with Crippen molar-refractivity contribution < 1.29 is 13.7 Å². The molecule has 1 saturated heterocycles. The van der Waals surface area contributed by atoms with Crippen molar-refractivity contribution in [3.05, 3.63) is 29.3 Å². The Bertz CT molecular complexity index is 560. The summed E-state index contributed by atoms with van der Waals surface area (Å²) in [5.41, 5.74) is -0.468.